The zero-order chi connectivity index (χ0) is 11.1. The summed E-state index contributed by atoms with van der Waals surface area (Å²) in [5, 5.41) is 21.9. The van der Waals surface area contributed by atoms with E-state index in [1.54, 1.807) is 12.3 Å². The minimum absolute atomic E-state index is 0.397. The van der Waals surface area contributed by atoms with Crippen molar-refractivity contribution in [2.75, 3.05) is 13.2 Å². The molecule has 0 aromatic carbocycles. The summed E-state index contributed by atoms with van der Waals surface area (Å²) in [6.45, 7) is 3.94. The lowest BCUT2D eigenvalue weighted by Gasteiger charge is -2.07. The summed E-state index contributed by atoms with van der Waals surface area (Å²) < 4.78 is 6.90. The fourth-order valence-electron chi connectivity index (χ4n) is 1.25. The van der Waals surface area contributed by atoms with Gasteiger partial charge in [0.05, 0.1) is 18.7 Å². The Balaban J connectivity index is 2.28. The number of ether oxygens (including phenoxy) is 1. The van der Waals surface area contributed by atoms with Gasteiger partial charge in [-0.15, -0.1) is 0 Å². The second-order valence-electron chi connectivity index (χ2n) is 3.32. The number of rotatable bonds is 7. The Bertz CT molecular complexity index is 278. The minimum Gasteiger partial charge on any atom is -0.422 e. The first-order valence-electron chi connectivity index (χ1n) is 5.21. The molecule has 0 spiro atoms. The number of nitrogens with zero attached hydrogens (tertiary/aromatic N) is 2. The van der Waals surface area contributed by atoms with Gasteiger partial charge >= 0.3 is 7.12 Å². The number of hydrogen-bond acceptors (Lipinski definition) is 4. The van der Waals surface area contributed by atoms with Gasteiger partial charge in [0, 0.05) is 12.8 Å². The summed E-state index contributed by atoms with van der Waals surface area (Å²) in [5.74, 6) is 0. The van der Waals surface area contributed by atoms with Gasteiger partial charge < -0.3 is 14.8 Å². The van der Waals surface area contributed by atoms with Crippen LogP contribution in [0.1, 0.15) is 19.8 Å². The zero-order valence-corrected chi connectivity index (χ0v) is 8.96. The molecule has 1 aromatic heterocycles. The standard InChI is InChI=1S/C9H17BN2O3/c1-2-3-7-15-8-6-12-9(10(13)14)4-5-11-12/h4-5,13-14H,2-3,6-8H2,1H3. The smallest absolute Gasteiger partial charge is 0.422 e. The van der Waals surface area contributed by atoms with Gasteiger partial charge in [0.15, 0.2) is 0 Å². The maximum absolute atomic E-state index is 8.99. The minimum atomic E-state index is -1.47. The molecular weight excluding hydrogens is 195 g/mol. The van der Waals surface area contributed by atoms with Crippen molar-refractivity contribution in [3.63, 3.8) is 0 Å². The van der Waals surface area contributed by atoms with Gasteiger partial charge in [0.25, 0.3) is 0 Å². The summed E-state index contributed by atoms with van der Waals surface area (Å²) >= 11 is 0. The molecular formula is C9H17BN2O3. The molecule has 1 rings (SSSR count). The monoisotopic (exact) mass is 212 g/mol. The zero-order valence-electron chi connectivity index (χ0n) is 8.96. The van der Waals surface area contributed by atoms with Crippen LogP contribution in [0.2, 0.25) is 0 Å². The second-order valence-corrected chi connectivity index (χ2v) is 3.32. The Labute approximate surface area is 89.8 Å². The van der Waals surface area contributed by atoms with Crippen LogP contribution >= 0.6 is 0 Å². The van der Waals surface area contributed by atoms with Crippen LogP contribution in [0, 0.1) is 0 Å². The molecule has 1 heterocycles. The highest BCUT2D eigenvalue weighted by Crippen LogP contribution is 1.90. The summed E-state index contributed by atoms with van der Waals surface area (Å²) in [6.07, 6.45) is 3.71. The third kappa shape index (κ3) is 4.03. The van der Waals surface area contributed by atoms with E-state index in [2.05, 4.69) is 12.0 Å². The topological polar surface area (TPSA) is 67.5 Å². The van der Waals surface area contributed by atoms with E-state index in [4.69, 9.17) is 14.8 Å². The van der Waals surface area contributed by atoms with Crippen molar-refractivity contribution in [1.29, 1.82) is 0 Å². The van der Waals surface area contributed by atoms with Crippen molar-refractivity contribution < 1.29 is 14.8 Å². The Morgan fingerprint density at radius 2 is 2.27 bits per heavy atom. The van der Waals surface area contributed by atoms with Crippen molar-refractivity contribution in [2.45, 2.75) is 26.3 Å². The normalized spacial score (nSPS) is 10.6. The van der Waals surface area contributed by atoms with Gasteiger partial charge in [-0.05, 0) is 12.5 Å². The molecule has 6 heteroatoms. The van der Waals surface area contributed by atoms with E-state index < -0.39 is 7.12 Å². The summed E-state index contributed by atoms with van der Waals surface area (Å²) in [5.41, 5.74) is 0.397. The molecule has 0 saturated carbocycles. The summed E-state index contributed by atoms with van der Waals surface area (Å²) in [7, 11) is -1.47. The molecule has 0 fully saturated rings. The van der Waals surface area contributed by atoms with Crippen molar-refractivity contribution in [3.05, 3.63) is 12.3 Å². The number of hydrogen-bond donors (Lipinski definition) is 2. The molecule has 0 radical (unpaired) electrons. The predicted molar refractivity (Wildman–Crippen MR) is 57.8 cm³/mol. The molecule has 0 atom stereocenters. The number of aromatic nitrogens is 2. The lowest BCUT2D eigenvalue weighted by atomic mass is 9.86. The average Bonchev–Trinajstić information content (AvgIpc) is 2.66. The van der Waals surface area contributed by atoms with Crippen LogP contribution in [0.5, 0.6) is 0 Å². The first kappa shape index (κ1) is 12.2. The summed E-state index contributed by atoms with van der Waals surface area (Å²) in [4.78, 5) is 0. The van der Waals surface area contributed by atoms with E-state index in [1.807, 2.05) is 0 Å². The van der Waals surface area contributed by atoms with Gasteiger partial charge in [-0.25, -0.2) is 0 Å². The van der Waals surface area contributed by atoms with E-state index in [0.717, 1.165) is 19.4 Å². The molecule has 0 aliphatic carbocycles. The van der Waals surface area contributed by atoms with Gasteiger partial charge in [0.1, 0.15) is 0 Å². The molecule has 84 valence electrons. The van der Waals surface area contributed by atoms with Crippen molar-refractivity contribution in [3.8, 4) is 0 Å². The van der Waals surface area contributed by atoms with E-state index in [1.165, 1.54) is 4.68 Å². The average molecular weight is 212 g/mol. The third-order valence-electron chi connectivity index (χ3n) is 2.10. The fraction of sp³-hybridized carbons (Fsp3) is 0.667. The van der Waals surface area contributed by atoms with Crippen LogP contribution in [-0.4, -0.2) is 40.2 Å². The van der Waals surface area contributed by atoms with Crippen LogP contribution in [0.25, 0.3) is 0 Å². The molecule has 5 nitrogen and oxygen atoms in total. The molecule has 1 aromatic rings. The van der Waals surface area contributed by atoms with Crippen LogP contribution in [-0.2, 0) is 11.3 Å². The van der Waals surface area contributed by atoms with Crippen LogP contribution in [0.3, 0.4) is 0 Å². The molecule has 0 amide bonds. The van der Waals surface area contributed by atoms with Crippen molar-refractivity contribution in [2.24, 2.45) is 0 Å². The van der Waals surface area contributed by atoms with E-state index >= 15 is 0 Å². The largest absolute Gasteiger partial charge is 0.507 e. The maximum atomic E-state index is 8.99. The van der Waals surface area contributed by atoms with Crippen LogP contribution in [0.4, 0.5) is 0 Å². The van der Waals surface area contributed by atoms with Crippen LogP contribution in [0.15, 0.2) is 12.3 Å². The Hall–Kier alpha value is -0.845. The quantitative estimate of drug-likeness (QED) is 0.467. The van der Waals surface area contributed by atoms with E-state index in [0.29, 0.717) is 18.7 Å². The summed E-state index contributed by atoms with van der Waals surface area (Å²) in [6, 6.07) is 1.58. The molecule has 0 aliphatic rings. The predicted octanol–water partition coefficient (Wildman–Crippen LogP) is -0.620. The highest BCUT2D eigenvalue weighted by atomic mass is 16.5. The lowest BCUT2D eigenvalue weighted by molar-refractivity contribution is 0.121. The van der Waals surface area contributed by atoms with Gasteiger partial charge in [-0.3, -0.25) is 4.68 Å². The SMILES string of the molecule is CCCCOCCn1nccc1B(O)O. The maximum Gasteiger partial charge on any atom is 0.507 e. The molecule has 2 N–H and O–H groups in total. The van der Waals surface area contributed by atoms with Crippen molar-refractivity contribution >= 4 is 12.7 Å². The third-order valence-corrected chi connectivity index (χ3v) is 2.10. The Kier molecular flexibility index (Phi) is 5.38. The van der Waals surface area contributed by atoms with Gasteiger partial charge in [-0.1, -0.05) is 13.3 Å². The second kappa shape index (κ2) is 6.60. The lowest BCUT2D eigenvalue weighted by Crippen LogP contribution is -2.37. The van der Waals surface area contributed by atoms with Crippen molar-refractivity contribution in [1.82, 2.24) is 9.78 Å². The highest BCUT2D eigenvalue weighted by Gasteiger charge is 2.15. The Morgan fingerprint density at radius 1 is 1.47 bits per heavy atom. The number of unbranched alkanes of at least 4 members (excludes halogenated alkanes) is 1. The highest BCUT2D eigenvalue weighted by molar-refractivity contribution is 6.57. The molecule has 0 unspecified atom stereocenters. The Morgan fingerprint density at radius 3 is 2.93 bits per heavy atom. The first-order valence-corrected chi connectivity index (χ1v) is 5.21. The van der Waals surface area contributed by atoms with E-state index in [-0.39, 0.29) is 0 Å². The van der Waals surface area contributed by atoms with Crippen LogP contribution < -0.4 is 5.59 Å². The van der Waals surface area contributed by atoms with E-state index in [9.17, 15) is 0 Å². The molecule has 15 heavy (non-hydrogen) atoms. The first-order chi connectivity index (χ1) is 7.25. The fourth-order valence-corrected chi connectivity index (χ4v) is 1.25. The molecule has 0 saturated heterocycles. The van der Waals surface area contributed by atoms with Gasteiger partial charge in [0.2, 0.25) is 0 Å². The molecule has 0 aliphatic heterocycles. The molecule has 0 bridgehead atoms. The van der Waals surface area contributed by atoms with Gasteiger partial charge in [-0.2, -0.15) is 5.10 Å².